The van der Waals surface area contributed by atoms with Crippen molar-refractivity contribution < 1.29 is 24.1 Å². The number of rotatable bonds is 12. The summed E-state index contributed by atoms with van der Waals surface area (Å²) in [6.07, 6.45) is 3.51. The lowest BCUT2D eigenvalue weighted by Gasteiger charge is -2.27. The van der Waals surface area contributed by atoms with Crippen LogP contribution >= 0.6 is 0 Å². The summed E-state index contributed by atoms with van der Waals surface area (Å²) in [5.41, 5.74) is 3.47. The summed E-state index contributed by atoms with van der Waals surface area (Å²) >= 11 is 0. The maximum absolute atomic E-state index is 12.3. The SMILES string of the molecule is COCCN(CCOC)c1ccc(-c2cc(C(=O)O)nc3c2c(C(C)C)nn3-c2ccnc(N3CCOCC3)c2)cn1. The number of aromatic carboxylic acids is 1. The molecule has 1 fully saturated rings. The van der Waals surface area contributed by atoms with E-state index in [1.807, 2.05) is 24.3 Å². The first-order valence-electron chi connectivity index (χ1n) is 14.1. The number of morpholine rings is 1. The average Bonchev–Trinajstić information content (AvgIpc) is 3.41. The molecule has 0 saturated carbocycles. The zero-order valence-corrected chi connectivity index (χ0v) is 24.5. The van der Waals surface area contributed by atoms with Gasteiger partial charge in [0.2, 0.25) is 0 Å². The Morgan fingerprint density at radius 1 is 1.07 bits per heavy atom. The fourth-order valence-corrected chi connectivity index (χ4v) is 5.04. The van der Waals surface area contributed by atoms with Crippen LogP contribution in [0.3, 0.4) is 0 Å². The van der Waals surface area contributed by atoms with Gasteiger partial charge in [-0.1, -0.05) is 13.8 Å². The second-order valence-electron chi connectivity index (χ2n) is 10.4. The van der Waals surface area contributed by atoms with Gasteiger partial charge < -0.3 is 29.1 Å². The van der Waals surface area contributed by atoms with Crippen molar-refractivity contribution in [3.8, 4) is 16.8 Å². The van der Waals surface area contributed by atoms with Gasteiger partial charge in [0.15, 0.2) is 11.3 Å². The first-order valence-corrected chi connectivity index (χ1v) is 14.1. The van der Waals surface area contributed by atoms with Crippen LogP contribution in [0.4, 0.5) is 11.6 Å². The zero-order valence-electron chi connectivity index (χ0n) is 24.5. The molecule has 0 unspecified atom stereocenters. The number of hydrogen-bond acceptors (Lipinski definition) is 10. The Bertz CT molecular complexity index is 1510. The van der Waals surface area contributed by atoms with E-state index in [4.69, 9.17) is 24.3 Å². The molecule has 42 heavy (non-hydrogen) atoms. The Morgan fingerprint density at radius 2 is 1.81 bits per heavy atom. The largest absolute Gasteiger partial charge is 0.477 e. The Hall–Kier alpha value is -4.13. The minimum Gasteiger partial charge on any atom is -0.477 e. The third kappa shape index (κ3) is 6.20. The predicted molar refractivity (Wildman–Crippen MR) is 160 cm³/mol. The highest BCUT2D eigenvalue weighted by molar-refractivity contribution is 6.00. The molecule has 222 valence electrons. The summed E-state index contributed by atoms with van der Waals surface area (Å²) in [5, 5.41) is 15.8. The average molecular weight is 576 g/mol. The highest BCUT2D eigenvalue weighted by Gasteiger charge is 2.24. The molecule has 0 aliphatic carbocycles. The van der Waals surface area contributed by atoms with Crippen LogP contribution in [0, 0.1) is 0 Å². The molecule has 12 heteroatoms. The number of anilines is 2. The van der Waals surface area contributed by atoms with Gasteiger partial charge in [-0.3, -0.25) is 0 Å². The maximum atomic E-state index is 12.3. The number of fused-ring (bicyclic) bond motifs is 1. The van der Waals surface area contributed by atoms with Crippen LogP contribution in [-0.4, -0.2) is 103 Å². The van der Waals surface area contributed by atoms with Crippen LogP contribution in [0.2, 0.25) is 0 Å². The minimum atomic E-state index is -1.12. The van der Waals surface area contributed by atoms with Gasteiger partial charge in [-0.05, 0) is 35.7 Å². The second-order valence-corrected chi connectivity index (χ2v) is 10.4. The summed E-state index contributed by atoms with van der Waals surface area (Å²) in [4.78, 5) is 30.4. The molecule has 1 N–H and O–H groups in total. The molecule has 12 nitrogen and oxygen atoms in total. The van der Waals surface area contributed by atoms with Crippen LogP contribution in [0.5, 0.6) is 0 Å². The quantitative estimate of drug-likeness (QED) is 0.266. The van der Waals surface area contributed by atoms with Crippen molar-refractivity contribution in [2.45, 2.75) is 19.8 Å². The lowest BCUT2D eigenvalue weighted by molar-refractivity contribution is 0.0691. The normalized spacial score (nSPS) is 13.7. The van der Waals surface area contributed by atoms with E-state index >= 15 is 0 Å². The molecule has 0 aromatic carbocycles. The van der Waals surface area contributed by atoms with Crippen molar-refractivity contribution in [3.63, 3.8) is 0 Å². The topological polar surface area (TPSA) is 128 Å². The highest BCUT2D eigenvalue weighted by Crippen LogP contribution is 2.36. The van der Waals surface area contributed by atoms with Crippen LogP contribution in [0.25, 0.3) is 27.8 Å². The summed E-state index contributed by atoms with van der Waals surface area (Å²) in [6, 6.07) is 9.32. The van der Waals surface area contributed by atoms with E-state index in [1.165, 1.54) is 0 Å². The van der Waals surface area contributed by atoms with E-state index in [2.05, 4.69) is 33.6 Å². The van der Waals surface area contributed by atoms with Gasteiger partial charge in [-0.15, -0.1) is 0 Å². The van der Waals surface area contributed by atoms with Crippen molar-refractivity contribution in [3.05, 3.63) is 54.1 Å². The number of ether oxygens (including phenoxy) is 3. The number of aromatic nitrogens is 5. The first kappa shape index (κ1) is 29.4. The number of carbonyl (C=O) groups is 1. The van der Waals surface area contributed by atoms with E-state index in [-0.39, 0.29) is 11.6 Å². The summed E-state index contributed by atoms with van der Waals surface area (Å²) in [7, 11) is 3.34. The standard InChI is InChI=1S/C30H37N7O5/c1-20(2)28-27-23(21-5-6-25(32-19-21)35(9-13-40-3)10-14-41-4)18-24(30(38)39)33-29(27)37(34-28)22-7-8-31-26(17-22)36-11-15-42-16-12-36/h5-8,17-20H,9-16H2,1-4H3,(H,38,39). The van der Waals surface area contributed by atoms with E-state index in [0.29, 0.717) is 50.7 Å². The number of nitrogens with zero attached hydrogens (tertiary/aromatic N) is 7. The van der Waals surface area contributed by atoms with Crippen molar-refractivity contribution in [1.29, 1.82) is 0 Å². The molecule has 5 rings (SSSR count). The van der Waals surface area contributed by atoms with E-state index in [9.17, 15) is 9.90 Å². The third-order valence-electron chi connectivity index (χ3n) is 7.25. The Balaban J connectivity index is 1.62. The van der Waals surface area contributed by atoms with Gasteiger partial charge in [-0.2, -0.15) is 5.10 Å². The maximum Gasteiger partial charge on any atom is 0.354 e. The summed E-state index contributed by atoms with van der Waals surface area (Å²) in [5.74, 6) is 0.530. The van der Waals surface area contributed by atoms with Crippen LogP contribution in [0.1, 0.15) is 35.9 Å². The fourth-order valence-electron chi connectivity index (χ4n) is 5.04. The van der Waals surface area contributed by atoms with E-state index in [1.54, 1.807) is 37.4 Å². The van der Waals surface area contributed by atoms with Crippen molar-refractivity contribution in [1.82, 2.24) is 24.7 Å². The molecule has 0 spiro atoms. The number of carboxylic acid groups (broad SMARTS) is 1. The summed E-state index contributed by atoms with van der Waals surface area (Å²) < 4.78 is 17.8. The van der Waals surface area contributed by atoms with Gasteiger partial charge in [0.05, 0.1) is 43.2 Å². The molecular formula is C30H37N7O5. The molecule has 4 aromatic heterocycles. The van der Waals surface area contributed by atoms with Crippen LogP contribution in [-0.2, 0) is 14.2 Å². The van der Waals surface area contributed by atoms with Gasteiger partial charge >= 0.3 is 5.97 Å². The van der Waals surface area contributed by atoms with Gasteiger partial charge in [-0.25, -0.2) is 24.4 Å². The number of methoxy groups -OCH3 is 2. The van der Waals surface area contributed by atoms with Crippen LogP contribution in [0.15, 0.2) is 42.7 Å². The molecule has 5 heterocycles. The van der Waals surface area contributed by atoms with Crippen LogP contribution < -0.4 is 9.80 Å². The molecule has 0 bridgehead atoms. The molecule has 1 aliphatic rings. The van der Waals surface area contributed by atoms with E-state index in [0.717, 1.165) is 47.1 Å². The molecular weight excluding hydrogens is 538 g/mol. The molecule has 0 atom stereocenters. The van der Waals surface area contributed by atoms with E-state index < -0.39 is 5.97 Å². The van der Waals surface area contributed by atoms with Crippen molar-refractivity contribution >= 4 is 28.6 Å². The lowest BCUT2D eigenvalue weighted by atomic mass is 9.98. The highest BCUT2D eigenvalue weighted by atomic mass is 16.5. The third-order valence-corrected chi connectivity index (χ3v) is 7.25. The zero-order chi connectivity index (χ0) is 29.6. The van der Waals surface area contributed by atoms with Gasteiger partial charge in [0, 0.05) is 64.4 Å². The molecule has 1 saturated heterocycles. The second kappa shape index (κ2) is 13.2. The monoisotopic (exact) mass is 575 g/mol. The van der Waals surface area contributed by atoms with Crippen molar-refractivity contribution in [2.24, 2.45) is 0 Å². The minimum absolute atomic E-state index is 0.0522. The number of carboxylic acids is 1. The Labute approximate surface area is 244 Å². The van der Waals surface area contributed by atoms with Gasteiger partial charge in [0.1, 0.15) is 11.6 Å². The van der Waals surface area contributed by atoms with Crippen molar-refractivity contribution in [2.75, 3.05) is 76.6 Å². The molecule has 0 radical (unpaired) electrons. The Kier molecular flexibility index (Phi) is 9.25. The lowest BCUT2D eigenvalue weighted by Crippen LogP contribution is -2.36. The molecule has 1 aliphatic heterocycles. The predicted octanol–water partition coefficient (Wildman–Crippen LogP) is 3.63. The Morgan fingerprint density at radius 3 is 2.43 bits per heavy atom. The number of hydrogen-bond donors (Lipinski definition) is 1. The molecule has 0 amide bonds. The smallest absolute Gasteiger partial charge is 0.354 e. The van der Waals surface area contributed by atoms with Gasteiger partial charge in [0.25, 0.3) is 0 Å². The fraction of sp³-hybridized carbons (Fsp3) is 0.433. The number of pyridine rings is 3. The first-order chi connectivity index (χ1) is 20.4. The summed E-state index contributed by atoms with van der Waals surface area (Å²) in [6.45, 7) is 9.35. The molecule has 4 aromatic rings.